The normalized spacial score (nSPS) is 14.0. The first kappa shape index (κ1) is 40.0. The molecule has 3 aromatic rings. The van der Waals surface area contributed by atoms with Gasteiger partial charge >= 0.3 is 11.9 Å². The fourth-order valence-corrected chi connectivity index (χ4v) is 5.77. The predicted octanol–water partition coefficient (Wildman–Crippen LogP) is 4.87. The molecule has 2 fully saturated rings. The number of ether oxygens (including phenoxy) is 3. The van der Waals surface area contributed by atoms with Crippen LogP contribution in [0.3, 0.4) is 0 Å². The molecule has 2 aromatic carbocycles. The lowest BCUT2D eigenvalue weighted by atomic mass is 10.1. The number of nitrogens with zero attached hydrogens (tertiary/aromatic N) is 4. The van der Waals surface area contributed by atoms with Gasteiger partial charge in [-0.2, -0.15) is 0 Å². The minimum Gasteiger partial charge on any atom is -0.493 e. The lowest BCUT2D eigenvalue weighted by molar-refractivity contribution is -0.757. The minimum atomic E-state index is -1.50. The van der Waals surface area contributed by atoms with Crippen LogP contribution in [0.2, 0.25) is 0 Å². The molecule has 53 heavy (non-hydrogen) atoms. The van der Waals surface area contributed by atoms with Crippen LogP contribution >= 0.6 is 0 Å². The molecule has 0 unspecified atom stereocenters. The third kappa shape index (κ3) is 12.2. The highest BCUT2D eigenvalue weighted by Crippen LogP contribution is 2.38. The van der Waals surface area contributed by atoms with Gasteiger partial charge in [-0.3, -0.25) is 4.79 Å². The number of nitrogens with one attached hydrogen (secondary N) is 1. The van der Waals surface area contributed by atoms with Gasteiger partial charge in [0.15, 0.2) is 11.5 Å². The first-order valence-corrected chi connectivity index (χ1v) is 17.2. The third-order valence-corrected chi connectivity index (χ3v) is 8.50. The standard InChI is InChI=1S/C35H41FN4O9.HNO3/c1-46-32-20-24(9-13-33(41)47-18-6-4-2-3-5-7-19-48-40(44)45)8-12-31(32)49-35(43)27-23-39(25-10-11-25)29-22-30(38-16-14-37-15-17-38)28(36)21-26(29)34(27)42;2-1(3)4/h8-9,12-13,20-23,25,37H,2-7,10-11,14-19H2,1H3;(H,2,3,4). The molecule has 0 bridgehead atoms. The van der Waals surface area contributed by atoms with Crippen molar-refractivity contribution in [2.75, 3.05) is 51.4 Å². The molecule has 2 heterocycles. The number of pyridine rings is 1. The Morgan fingerprint density at radius 1 is 1.00 bits per heavy atom. The molecule has 286 valence electrons. The first-order valence-electron chi connectivity index (χ1n) is 17.2. The molecule has 1 aliphatic heterocycles. The van der Waals surface area contributed by atoms with Crippen LogP contribution in [0.4, 0.5) is 10.1 Å². The summed E-state index contributed by atoms with van der Waals surface area (Å²) in [5.74, 6) is -1.62. The van der Waals surface area contributed by atoms with E-state index in [0.29, 0.717) is 42.7 Å². The van der Waals surface area contributed by atoms with Gasteiger partial charge in [-0.15, -0.1) is 20.2 Å². The van der Waals surface area contributed by atoms with E-state index in [1.807, 2.05) is 9.47 Å². The van der Waals surface area contributed by atoms with Crippen LogP contribution < -0.4 is 25.1 Å². The summed E-state index contributed by atoms with van der Waals surface area (Å²) in [7, 11) is 1.41. The summed E-state index contributed by atoms with van der Waals surface area (Å²) in [6, 6.07) is 7.75. The lowest BCUT2D eigenvalue weighted by Gasteiger charge is -2.30. The number of hydrogen-bond donors (Lipinski definition) is 2. The summed E-state index contributed by atoms with van der Waals surface area (Å²) in [6.07, 6.45) is 11.0. The Bertz CT molecular complexity index is 1850. The molecule has 1 aliphatic carbocycles. The zero-order valence-corrected chi connectivity index (χ0v) is 29.2. The number of esters is 2. The number of methoxy groups -OCH3 is 1. The van der Waals surface area contributed by atoms with Crippen LogP contribution in [0.1, 0.15) is 73.3 Å². The number of hydrogen-bond acceptors (Lipinski definition) is 13. The third-order valence-electron chi connectivity index (χ3n) is 8.50. The number of halogens is 1. The average Bonchev–Trinajstić information content (AvgIpc) is 3.98. The molecule has 1 saturated heterocycles. The fourth-order valence-electron chi connectivity index (χ4n) is 5.77. The maximum atomic E-state index is 15.3. The van der Waals surface area contributed by atoms with Gasteiger partial charge in [0.2, 0.25) is 5.43 Å². The summed E-state index contributed by atoms with van der Waals surface area (Å²) >= 11 is 0. The number of fused-ring (bicyclic) bond motifs is 1. The van der Waals surface area contributed by atoms with E-state index in [-0.39, 0.29) is 41.7 Å². The highest BCUT2D eigenvalue weighted by Gasteiger charge is 2.29. The zero-order chi connectivity index (χ0) is 38.3. The summed E-state index contributed by atoms with van der Waals surface area (Å²) in [6.45, 7) is 3.16. The van der Waals surface area contributed by atoms with Gasteiger partial charge in [-0.05, 0) is 61.6 Å². The molecule has 0 atom stereocenters. The molecule has 0 amide bonds. The monoisotopic (exact) mass is 743 g/mol. The number of unbranched alkanes of at least 4 members (excludes halogenated alkanes) is 5. The molecule has 18 heteroatoms. The number of piperazine rings is 1. The topological polar surface area (TPSA) is 215 Å². The van der Waals surface area contributed by atoms with Crippen molar-refractivity contribution < 1.29 is 48.4 Å². The van der Waals surface area contributed by atoms with Gasteiger partial charge in [0.05, 0.1) is 31.5 Å². The fraction of sp³-hybridized carbons (Fsp3) is 0.457. The first-order chi connectivity index (χ1) is 25.5. The SMILES string of the molecule is COc1cc(C=CC(=O)OCCCCCCCCO[N+](=O)[O-])ccc1OC(=O)c1cn(C2CC2)c2cc(N3CCNCC3)c(F)cc2c1=O.O=[N+]([O-])O. The van der Waals surface area contributed by atoms with E-state index < -0.39 is 33.4 Å². The molecule has 0 radical (unpaired) electrons. The number of benzene rings is 2. The average molecular weight is 744 g/mol. The van der Waals surface area contributed by atoms with Crippen LogP contribution in [0.5, 0.6) is 11.5 Å². The quantitative estimate of drug-likeness (QED) is 0.0471. The number of carbonyl (C=O) groups is 2. The van der Waals surface area contributed by atoms with Crippen molar-refractivity contribution in [3.63, 3.8) is 0 Å². The highest BCUT2D eigenvalue weighted by atomic mass is 19.1. The molecular formula is C35H42FN5O12. The lowest BCUT2D eigenvalue weighted by Crippen LogP contribution is -2.43. The summed E-state index contributed by atoms with van der Waals surface area (Å²) in [5, 5.41) is 26.3. The smallest absolute Gasteiger partial charge is 0.349 e. The summed E-state index contributed by atoms with van der Waals surface area (Å²) in [5.41, 5.74) is 0.799. The minimum absolute atomic E-state index is 0.0789. The Labute approximate surface area is 303 Å². The van der Waals surface area contributed by atoms with Gasteiger partial charge in [0.1, 0.15) is 11.4 Å². The summed E-state index contributed by atoms with van der Waals surface area (Å²) in [4.78, 5) is 63.8. The van der Waals surface area contributed by atoms with E-state index in [1.165, 1.54) is 31.5 Å². The Morgan fingerprint density at radius 3 is 2.30 bits per heavy atom. The Balaban J connectivity index is 0.00000149. The number of rotatable bonds is 17. The van der Waals surface area contributed by atoms with Gasteiger partial charge < -0.3 is 39.0 Å². The number of carbonyl (C=O) groups excluding carboxylic acids is 2. The largest absolute Gasteiger partial charge is 0.493 e. The Hall–Kier alpha value is -5.78. The van der Waals surface area contributed by atoms with Crippen LogP contribution in [-0.2, 0) is 14.4 Å². The van der Waals surface area contributed by atoms with E-state index in [9.17, 15) is 24.5 Å². The van der Waals surface area contributed by atoms with Gasteiger partial charge in [-0.25, -0.2) is 14.0 Å². The molecule has 0 spiro atoms. The molecular weight excluding hydrogens is 701 g/mol. The van der Waals surface area contributed by atoms with Crippen LogP contribution in [0.25, 0.3) is 17.0 Å². The van der Waals surface area contributed by atoms with Crippen molar-refractivity contribution in [2.24, 2.45) is 0 Å². The van der Waals surface area contributed by atoms with Gasteiger partial charge in [0, 0.05) is 49.9 Å². The molecule has 2 N–H and O–H groups in total. The molecule has 17 nitrogen and oxygen atoms in total. The van der Waals surface area contributed by atoms with Crippen molar-refractivity contribution >= 4 is 34.6 Å². The second kappa shape index (κ2) is 19.7. The highest BCUT2D eigenvalue weighted by molar-refractivity contribution is 5.96. The van der Waals surface area contributed by atoms with Gasteiger partial charge in [0.25, 0.3) is 10.2 Å². The van der Waals surface area contributed by atoms with Crippen molar-refractivity contribution in [3.05, 3.63) is 90.0 Å². The molecule has 1 aromatic heterocycles. The van der Waals surface area contributed by atoms with Crippen molar-refractivity contribution in [1.82, 2.24) is 9.88 Å². The molecule has 2 aliphatic rings. The maximum absolute atomic E-state index is 15.3. The van der Waals surface area contributed by atoms with E-state index in [2.05, 4.69) is 10.2 Å². The van der Waals surface area contributed by atoms with Gasteiger partial charge in [-0.1, -0.05) is 31.7 Å². The number of anilines is 1. The van der Waals surface area contributed by atoms with Crippen molar-refractivity contribution in [2.45, 2.75) is 57.4 Å². The van der Waals surface area contributed by atoms with E-state index in [0.717, 1.165) is 51.6 Å². The number of aromatic nitrogens is 1. The Kier molecular flexibility index (Phi) is 14.9. The van der Waals surface area contributed by atoms with Crippen molar-refractivity contribution in [1.29, 1.82) is 0 Å². The second-order valence-corrected chi connectivity index (χ2v) is 12.3. The van der Waals surface area contributed by atoms with Crippen LogP contribution in [0, 0.1) is 26.0 Å². The summed E-state index contributed by atoms with van der Waals surface area (Å²) < 4.78 is 33.5. The van der Waals surface area contributed by atoms with Crippen LogP contribution in [-0.4, -0.2) is 78.4 Å². The predicted molar refractivity (Wildman–Crippen MR) is 189 cm³/mol. The van der Waals surface area contributed by atoms with E-state index >= 15 is 4.39 Å². The van der Waals surface area contributed by atoms with Crippen LogP contribution in [0.15, 0.2) is 47.4 Å². The van der Waals surface area contributed by atoms with E-state index in [4.69, 9.17) is 29.5 Å². The maximum Gasteiger partial charge on any atom is 0.349 e. The second-order valence-electron chi connectivity index (χ2n) is 12.3. The molecule has 5 rings (SSSR count). The van der Waals surface area contributed by atoms with E-state index in [1.54, 1.807) is 24.3 Å². The molecule has 1 saturated carbocycles. The Morgan fingerprint density at radius 2 is 1.66 bits per heavy atom. The zero-order valence-electron chi connectivity index (χ0n) is 29.2. The van der Waals surface area contributed by atoms with Crippen molar-refractivity contribution in [3.8, 4) is 11.5 Å².